The van der Waals surface area contributed by atoms with E-state index in [0.29, 0.717) is 18.1 Å². The Labute approximate surface area is 155 Å². The summed E-state index contributed by atoms with van der Waals surface area (Å²) in [5, 5.41) is 8.59. The van der Waals surface area contributed by atoms with Gasteiger partial charge in [0.15, 0.2) is 0 Å². The molecule has 0 atom stereocenters. The molecule has 0 spiro atoms. The normalized spacial score (nSPS) is 11.3. The summed E-state index contributed by atoms with van der Waals surface area (Å²) in [6.45, 7) is 1.90. The van der Waals surface area contributed by atoms with Crippen molar-refractivity contribution in [1.82, 2.24) is 4.98 Å². The second-order valence-corrected chi connectivity index (χ2v) is 6.71. The van der Waals surface area contributed by atoms with E-state index in [1.165, 1.54) is 11.8 Å². The molecule has 0 radical (unpaired) electrons. The highest BCUT2D eigenvalue weighted by Gasteiger charge is 2.13. The maximum absolute atomic E-state index is 10.5. The molecular formula is C20H19NO4S. The van der Waals surface area contributed by atoms with E-state index in [-0.39, 0.29) is 5.75 Å². The molecule has 3 rings (SSSR count). The number of thioether (sulfide) groups is 1. The molecule has 0 fully saturated rings. The van der Waals surface area contributed by atoms with E-state index in [1.807, 2.05) is 61.5 Å². The number of carbonyl (C=O) groups is 1. The van der Waals surface area contributed by atoms with Gasteiger partial charge in [-0.2, -0.15) is 0 Å². The fourth-order valence-corrected chi connectivity index (χ4v) is 2.94. The molecule has 5 nitrogen and oxygen atoms in total. The summed E-state index contributed by atoms with van der Waals surface area (Å²) < 4.78 is 11.6. The number of rotatable bonds is 8. The van der Waals surface area contributed by atoms with Crippen LogP contribution in [0.1, 0.15) is 23.0 Å². The number of hydrogen-bond acceptors (Lipinski definition) is 5. The minimum absolute atomic E-state index is 0.100. The Morgan fingerprint density at radius 1 is 1.19 bits per heavy atom. The zero-order chi connectivity index (χ0) is 18.4. The summed E-state index contributed by atoms with van der Waals surface area (Å²) in [7, 11) is 0. The van der Waals surface area contributed by atoms with E-state index in [1.54, 1.807) is 0 Å². The van der Waals surface area contributed by atoms with Crippen LogP contribution < -0.4 is 0 Å². The zero-order valence-electron chi connectivity index (χ0n) is 14.3. The van der Waals surface area contributed by atoms with E-state index >= 15 is 0 Å². The van der Waals surface area contributed by atoms with Crippen LogP contribution in [0.25, 0.3) is 17.5 Å². The van der Waals surface area contributed by atoms with Gasteiger partial charge in [-0.15, -0.1) is 11.8 Å². The van der Waals surface area contributed by atoms with Crippen molar-refractivity contribution in [1.29, 1.82) is 0 Å². The highest BCUT2D eigenvalue weighted by atomic mass is 32.2. The van der Waals surface area contributed by atoms with Crippen LogP contribution in [-0.4, -0.2) is 27.6 Å². The Kier molecular flexibility index (Phi) is 5.96. The van der Waals surface area contributed by atoms with Crippen LogP contribution in [0, 0.1) is 6.92 Å². The number of oxazole rings is 1. The summed E-state index contributed by atoms with van der Waals surface area (Å²) >= 11 is 1.34. The summed E-state index contributed by atoms with van der Waals surface area (Å²) in [6, 6.07) is 13.6. The van der Waals surface area contributed by atoms with Gasteiger partial charge in [0, 0.05) is 11.3 Å². The molecule has 1 aromatic carbocycles. The Morgan fingerprint density at radius 3 is 2.77 bits per heavy atom. The van der Waals surface area contributed by atoms with E-state index in [2.05, 4.69) is 4.98 Å². The second-order valence-electron chi connectivity index (χ2n) is 5.68. The van der Waals surface area contributed by atoms with Gasteiger partial charge in [-0.3, -0.25) is 4.79 Å². The Morgan fingerprint density at radius 2 is 2.00 bits per heavy atom. The van der Waals surface area contributed by atoms with Gasteiger partial charge in [0.05, 0.1) is 17.9 Å². The molecule has 0 aliphatic heterocycles. The number of aryl methyl sites for hydroxylation is 1. The predicted molar refractivity (Wildman–Crippen MR) is 102 cm³/mol. The molecule has 2 aromatic heterocycles. The fraction of sp³-hybridized carbons (Fsp3) is 0.200. The maximum atomic E-state index is 10.5. The average Bonchev–Trinajstić information content (AvgIpc) is 3.22. The number of furan rings is 1. The van der Waals surface area contributed by atoms with Crippen LogP contribution in [0.2, 0.25) is 0 Å². The van der Waals surface area contributed by atoms with E-state index in [9.17, 15) is 4.79 Å². The third kappa shape index (κ3) is 4.89. The summed E-state index contributed by atoms with van der Waals surface area (Å²) in [5.74, 6) is 2.86. The topological polar surface area (TPSA) is 76.5 Å². The average molecular weight is 369 g/mol. The Balaban J connectivity index is 1.62. The molecule has 0 aliphatic rings. The van der Waals surface area contributed by atoms with Gasteiger partial charge in [-0.1, -0.05) is 24.3 Å². The number of hydrogen-bond donors (Lipinski definition) is 1. The molecular weight excluding hydrogens is 350 g/mol. The minimum atomic E-state index is -0.804. The molecule has 1 N–H and O–H groups in total. The number of carboxylic acid groups (broad SMARTS) is 1. The standard InChI is InChI=1S/C20H19NO4S/c1-14-18(21-20(24-14)15-6-3-2-4-7-15)12-17-10-9-16(25-17)8-5-11-26-13-19(22)23/h2-10H,11-13H2,1H3,(H,22,23)/b8-5+. The smallest absolute Gasteiger partial charge is 0.313 e. The first-order valence-electron chi connectivity index (χ1n) is 8.18. The molecule has 2 heterocycles. The van der Waals surface area contributed by atoms with Gasteiger partial charge in [0.1, 0.15) is 17.3 Å². The molecule has 26 heavy (non-hydrogen) atoms. The minimum Gasteiger partial charge on any atom is -0.481 e. The van der Waals surface area contributed by atoms with E-state index < -0.39 is 5.97 Å². The molecule has 0 bridgehead atoms. The van der Waals surface area contributed by atoms with Crippen LogP contribution in [0.15, 0.2) is 57.4 Å². The van der Waals surface area contributed by atoms with Crippen LogP contribution in [0.3, 0.4) is 0 Å². The summed E-state index contributed by atoms with van der Waals surface area (Å²) in [5.41, 5.74) is 1.80. The number of aromatic nitrogens is 1. The highest BCUT2D eigenvalue weighted by molar-refractivity contribution is 8.00. The fourth-order valence-electron chi connectivity index (χ4n) is 2.42. The summed E-state index contributed by atoms with van der Waals surface area (Å²) in [6.07, 6.45) is 4.30. The SMILES string of the molecule is Cc1oc(-c2ccccc2)nc1Cc1ccc(/C=C/CSCC(=O)O)o1. The first kappa shape index (κ1) is 18.1. The number of nitrogens with zero attached hydrogens (tertiary/aromatic N) is 1. The van der Waals surface area contributed by atoms with Gasteiger partial charge >= 0.3 is 5.97 Å². The van der Waals surface area contributed by atoms with Gasteiger partial charge in [-0.25, -0.2) is 4.98 Å². The second kappa shape index (κ2) is 8.58. The van der Waals surface area contributed by atoms with E-state index in [0.717, 1.165) is 28.5 Å². The molecule has 0 amide bonds. The maximum Gasteiger partial charge on any atom is 0.313 e. The van der Waals surface area contributed by atoms with Crippen molar-refractivity contribution in [3.8, 4) is 11.5 Å². The Bertz CT molecular complexity index is 896. The van der Waals surface area contributed by atoms with Crippen LogP contribution in [0.5, 0.6) is 0 Å². The first-order chi connectivity index (χ1) is 12.6. The molecule has 0 saturated carbocycles. The van der Waals surface area contributed by atoms with Gasteiger partial charge in [0.2, 0.25) is 5.89 Å². The number of aliphatic carboxylic acids is 1. The molecule has 0 aliphatic carbocycles. The van der Waals surface area contributed by atoms with Crippen LogP contribution >= 0.6 is 11.8 Å². The highest BCUT2D eigenvalue weighted by Crippen LogP contribution is 2.23. The van der Waals surface area contributed by atoms with Gasteiger partial charge in [0.25, 0.3) is 0 Å². The lowest BCUT2D eigenvalue weighted by atomic mass is 10.2. The molecule has 0 saturated heterocycles. The quantitative estimate of drug-likeness (QED) is 0.582. The molecule has 0 unspecified atom stereocenters. The number of benzene rings is 1. The van der Waals surface area contributed by atoms with Crippen molar-refractivity contribution < 1.29 is 18.7 Å². The van der Waals surface area contributed by atoms with E-state index in [4.69, 9.17) is 13.9 Å². The van der Waals surface area contributed by atoms with Crippen molar-refractivity contribution in [2.75, 3.05) is 11.5 Å². The lowest BCUT2D eigenvalue weighted by molar-refractivity contribution is -0.133. The van der Waals surface area contributed by atoms with Crippen molar-refractivity contribution in [3.05, 3.63) is 71.5 Å². The van der Waals surface area contributed by atoms with Crippen molar-refractivity contribution in [3.63, 3.8) is 0 Å². The number of carboxylic acids is 1. The van der Waals surface area contributed by atoms with Crippen molar-refractivity contribution >= 4 is 23.8 Å². The molecule has 3 aromatic rings. The van der Waals surface area contributed by atoms with Gasteiger partial charge in [-0.05, 0) is 37.3 Å². The first-order valence-corrected chi connectivity index (χ1v) is 9.34. The third-order valence-electron chi connectivity index (χ3n) is 3.66. The van der Waals surface area contributed by atoms with Crippen molar-refractivity contribution in [2.24, 2.45) is 0 Å². The Hall–Kier alpha value is -2.73. The molecule has 134 valence electrons. The van der Waals surface area contributed by atoms with Gasteiger partial charge < -0.3 is 13.9 Å². The molecule has 6 heteroatoms. The van der Waals surface area contributed by atoms with Crippen molar-refractivity contribution in [2.45, 2.75) is 13.3 Å². The largest absolute Gasteiger partial charge is 0.481 e. The monoisotopic (exact) mass is 369 g/mol. The van der Waals surface area contributed by atoms with Crippen LogP contribution in [0.4, 0.5) is 0 Å². The van der Waals surface area contributed by atoms with Crippen LogP contribution in [-0.2, 0) is 11.2 Å². The zero-order valence-corrected chi connectivity index (χ0v) is 15.2. The predicted octanol–water partition coefficient (Wildman–Crippen LogP) is 4.66. The lowest BCUT2D eigenvalue weighted by Crippen LogP contribution is -1.97. The summed E-state index contributed by atoms with van der Waals surface area (Å²) in [4.78, 5) is 15.0. The third-order valence-corrected chi connectivity index (χ3v) is 4.54. The lowest BCUT2D eigenvalue weighted by Gasteiger charge is -1.94.